The molecule has 0 spiro atoms. The average Bonchev–Trinajstić information content (AvgIpc) is 2.28. The van der Waals surface area contributed by atoms with Gasteiger partial charge in [-0.1, -0.05) is 0 Å². The Hall–Kier alpha value is -2.61. The van der Waals surface area contributed by atoms with Crippen LogP contribution in [0.25, 0.3) is 0 Å². The number of pyridine rings is 1. The van der Waals surface area contributed by atoms with Crippen LogP contribution in [0.2, 0.25) is 0 Å². The van der Waals surface area contributed by atoms with Gasteiger partial charge < -0.3 is 5.11 Å². The molecule has 0 aliphatic carbocycles. The second-order valence-corrected chi connectivity index (χ2v) is 2.43. The molecule has 0 saturated carbocycles. The van der Waals surface area contributed by atoms with Gasteiger partial charge in [0, 0.05) is 6.20 Å². The largest absolute Gasteiger partial charge is 0.490 e. The zero-order valence-electron chi connectivity index (χ0n) is 8.06. The number of alkyl halides is 3. The lowest BCUT2D eigenvalue weighted by molar-refractivity contribution is -0.192. The van der Waals surface area contributed by atoms with E-state index in [-0.39, 0.29) is 5.69 Å². The van der Waals surface area contributed by atoms with E-state index in [2.05, 4.69) is 4.98 Å². The highest BCUT2D eigenvalue weighted by atomic mass is 19.4. The summed E-state index contributed by atoms with van der Waals surface area (Å²) in [5.41, 5.74) is 0.509. The summed E-state index contributed by atoms with van der Waals surface area (Å²) in [5, 5.41) is 23.9. The van der Waals surface area contributed by atoms with Crippen molar-refractivity contribution >= 4 is 5.97 Å². The topological polar surface area (TPSA) is 97.8 Å². The quantitative estimate of drug-likeness (QED) is 0.743. The Labute approximate surface area is 93.4 Å². The number of aliphatic carboxylic acids is 1. The number of rotatable bonds is 0. The Morgan fingerprint density at radius 1 is 1.35 bits per heavy atom. The molecule has 5 nitrogen and oxygen atoms in total. The monoisotopic (exact) mass is 243 g/mol. The molecular weight excluding hydrogens is 239 g/mol. The molecule has 17 heavy (non-hydrogen) atoms. The molecule has 0 amide bonds. The lowest BCUT2D eigenvalue weighted by Gasteiger charge is -1.93. The van der Waals surface area contributed by atoms with E-state index in [0.29, 0.717) is 5.56 Å². The van der Waals surface area contributed by atoms with Gasteiger partial charge >= 0.3 is 12.1 Å². The minimum atomic E-state index is -5.08. The van der Waals surface area contributed by atoms with E-state index < -0.39 is 12.1 Å². The Morgan fingerprint density at radius 3 is 2.18 bits per heavy atom. The Morgan fingerprint density at radius 2 is 1.88 bits per heavy atom. The van der Waals surface area contributed by atoms with Crippen LogP contribution in [0.5, 0.6) is 0 Å². The van der Waals surface area contributed by atoms with Crippen molar-refractivity contribution in [3.8, 4) is 12.1 Å². The molecular formula is C9H4F3N3O2. The van der Waals surface area contributed by atoms with Crippen LogP contribution in [0.1, 0.15) is 11.3 Å². The third-order valence-electron chi connectivity index (χ3n) is 1.28. The van der Waals surface area contributed by atoms with Crippen molar-refractivity contribution in [2.45, 2.75) is 6.18 Å². The lowest BCUT2D eigenvalue weighted by Crippen LogP contribution is -2.21. The first-order valence-electron chi connectivity index (χ1n) is 3.88. The third kappa shape index (κ3) is 5.14. The summed E-state index contributed by atoms with van der Waals surface area (Å²) in [6, 6.07) is 6.86. The predicted octanol–water partition coefficient (Wildman–Crippen LogP) is 1.46. The maximum atomic E-state index is 10.6. The van der Waals surface area contributed by atoms with Gasteiger partial charge in [0.25, 0.3) is 0 Å². The van der Waals surface area contributed by atoms with Gasteiger partial charge in [-0.05, 0) is 12.1 Å². The van der Waals surface area contributed by atoms with Gasteiger partial charge in [0.15, 0.2) is 5.69 Å². The molecule has 0 bridgehead atoms. The van der Waals surface area contributed by atoms with E-state index >= 15 is 0 Å². The summed E-state index contributed by atoms with van der Waals surface area (Å²) in [6.45, 7) is 0. The van der Waals surface area contributed by atoms with Crippen molar-refractivity contribution in [3.05, 3.63) is 29.6 Å². The van der Waals surface area contributed by atoms with Gasteiger partial charge in [-0.15, -0.1) is 0 Å². The molecule has 0 radical (unpaired) electrons. The number of halogens is 3. The molecule has 1 rings (SSSR count). The van der Waals surface area contributed by atoms with Crippen LogP contribution in [0.4, 0.5) is 13.2 Å². The summed E-state index contributed by atoms with van der Waals surface area (Å²) >= 11 is 0. The Balaban J connectivity index is 0.000000325. The zero-order valence-corrected chi connectivity index (χ0v) is 8.06. The molecule has 0 fully saturated rings. The molecule has 0 aromatic carbocycles. The van der Waals surface area contributed by atoms with Crippen LogP contribution in [0.15, 0.2) is 18.3 Å². The normalized spacial score (nSPS) is 9.24. The number of nitrogens with zero attached hydrogens (tertiary/aromatic N) is 3. The number of hydrogen-bond acceptors (Lipinski definition) is 4. The fourth-order valence-electron chi connectivity index (χ4n) is 0.585. The minimum Gasteiger partial charge on any atom is -0.475 e. The summed E-state index contributed by atoms with van der Waals surface area (Å²) < 4.78 is 31.7. The number of hydrogen-bond donors (Lipinski definition) is 1. The van der Waals surface area contributed by atoms with E-state index in [0.717, 1.165) is 0 Å². The van der Waals surface area contributed by atoms with Crippen molar-refractivity contribution < 1.29 is 23.1 Å². The molecule has 1 heterocycles. The molecule has 1 aromatic rings. The maximum absolute atomic E-state index is 10.6. The first-order chi connectivity index (χ1) is 7.82. The standard InChI is InChI=1S/C7H3N3.C2HF3O2/c8-4-6-2-1-3-10-7(6)5-9;3-2(4,5)1(6)7/h1-3H;(H,6,7). The first kappa shape index (κ1) is 14.4. The van der Waals surface area contributed by atoms with Gasteiger partial charge in [0.05, 0.1) is 5.56 Å². The van der Waals surface area contributed by atoms with Crippen LogP contribution >= 0.6 is 0 Å². The maximum Gasteiger partial charge on any atom is 0.490 e. The van der Waals surface area contributed by atoms with Crippen LogP contribution in [0.3, 0.4) is 0 Å². The lowest BCUT2D eigenvalue weighted by atomic mass is 10.2. The molecule has 1 aromatic heterocycles. The van der Waals surface area contributed by atoms with Gasteiger partial charge in [-0.3, -0.25) is 0 Å². The smallest absolute Gasteiger partial charge is 0.475 e. The van der Waals surface area contributed by atoms with Gasteiger partial charge in [-0.25, -0.2) is 9.78 Å². The minimum absolute atomic E-state index is 0.185. The SMILES string of the molecule is N#Cc1cccnc1C#N.O=C(O)C(F)(F)F. The molecule has 0 aliphatic heterocycles. The van der Waals surface area contributed by atoms with E-state index in [1.807, 2.05) is 12.1 Å². The van der Waals surface area contributed by atoms with Gasteiger partial charge in [0.2, 0.25) is 0 Å². The number of carboxylic acid groups (broad SMARTS) is 1. The highest BCUT2D eigenvalue weighted by Gasteiger charge is 2.38. The van der Waals surface area contributed by atoms with E-state index in [4.69, 9.17) is 20.4 Å². The van der Waals surface area contributed by atoms with Crippen LogP contribution in [-0.4, -0.2) is 22.2 Å². The van der Waals surface area contributed by atoms with Crippen molar-refractivity contribution in [3.63, 3.8) is 0 Å². The second kappa shape index (κ2) is 6.08. The molecule has 0 atom stereocenters. The molecule has 0 saturated heterocycles. The van der Waals surface area contributed by atoms with E-state index in [1.165, 1.54) is 6.20 Å². The molecule has 8 heteroatoms. The van der Waals surface area contributed by atoms with Gasteiger partial charge in [-0.2, -0.15) is 23.7 Å². The molecule has 0 unspecified atom stereocenters. The summed E-state index contributed by atoms with van der Waals surface area (Å²) in [4.78, 5) is 12.6. The Kier molecular flexibility index (Phi) is 5.14. The molecule has 88 valence electrons. The van der Waals surface area contributed by atoms with Crippen molar-refractivity contribution in [2.24, 2.45) is 0 Å². The third-order valence-corrected chi connectivity index (χ3v) is 1.28. The average molecular weight is 243 g/mol. The fourth-order valence-corrected chi connectivity index (χ4v) is 0.585. The van der Waals surface area contributed by atoms with Crippen LogP contribution in [-0.2, 0) is 4.79 Å². The summed E-state index contributed by atoms with van der Waals surface area (Å²) in [6.07, 6.45) is -3.60. The number of carbonyl (C=O) groups is 1. The van der Waals surface area contributed by atoms with Crippen molar-refractivity contribution in [2.75, 3.05) is 0 Å². The predicted molar refractivity (Wildman–Crippen MR) is 47.4 cm³/mol. The number of nitriles is 2. The first-order valence-corrected chi connectivity index (χ1v) is 3.88. The van der Waals surface area contributed by atoms with Gasteiger partial charge in [0.1, 0.15) is 12.1 Å². The number of aromatic nitrogens is 1. The zero-order chi connectivity index (χ0) is 13.5. The van der Waals surface area contributed by atoms with Crippen molar-refractivity contribution in [1.29, 1.82) is 10.5 Å². The van der Waals surface area contributed by atoms with Crippen molar-refractivity contribution in [1.82, 2.24) is 4.98 Å². The second-order valence-electron chi connectivity index (χ2n) is 2.43. The summed E-state index contributed by atoms with van der Waals surface area (Å²) in [7, 11) is 0. The molecule has 0 aliphatic rings. The van der Waals surface area contributed by atoms with E-state index in [1.54, 1.807) is 12.1 Å². The summed E-state index contributed by atoms with van der Waals surface area (Å²) in [5.74, 6) is -2.76. The van der Waals surface area contributed by atoms with Crippen LogP contribution < -0.4 is 0 Å². The van der Waals surface area contributed by atoms with Crippen LogP contribution in [0, 0.1) is 22.7 Å². The Bertz CT molecular complexity index is 452. The highest BCUT2D eigenvalue weighted by molar-refractivity contribution is 5.73. The highest BCUT2D eigenvalue weighted by Crippen LogP contribution is 2.13. The fraction of sp³-hybridized carbons (Fsp3) is 0.111. The van der Waals surface area contributed by atoms with E-state index in [9.17, 15) is 13.2 Å². The number of carboxylic acids is 1. The molecule has 1 N–H and O–H groups in total.